The SMILES string of the molecule is CCn1ncc(CN2CCC(OCc3c(C)noc3C)C2)n1. The number of aryl methyl sites for hydroxylation is 3. The molecule has 0 aromatic carbocycles. The maximum atomic E-state index is 6.02. The predicted molar refractivity (Wildman–Crippen MR) is 80.1 cm³/mol. The molecule has 1 atom stereocenters. The zero-order valence-electron chi connectivity index (χ0n) is 13.4. The van der Waals surface area contributed by atoms with Gasteiger partial charge in [0.15, 0.2) is 0 Å². The van der Waals surface area contributed by atoms with Crippen LogP contribution >= 0.6 is 0 Å². The Labute approximate surface area is 130 Å². The van der Waals surface area contributed by atoms with Crippen molar-refractivity contribution >= 4 is 0 Å². The number of hydrogen-bond donors (Lipinski definition) is 0. The quantitative estimate of drug-likeness (QED) is 0.809. The van der Waals surface area contributed by atoms with E-state index in [1.54, 1.807) is 4.80 Å². The highest BCUT2D eigenvalue weighted by molar-refractivity contribution is 5.19. The van der Waals surface area contributed by atoms with Crippen LogP contribution in [0.3, 0.4) is 0 Å². The zero-order chi connectivity index (χ0) is 15.5. The van der Waals surface area contributed by atoms with E-state index in [1.807, 2.05) is 27.0 Å². The van der Waals surface area contributed by atoms with Gasteiger partial charge in [0.05, 0.1) is 36.8 Å². The average Bonchev–Trinajstić information content (AvgIpc) is 3.21. The average molecular weight is 305 g/mol. The monoisotopic (exact) mass is 305 g/mol. The second-order valence-corrected chi connectivity index (χ2v) is 5.78. The molecule has 1 unspecified atom stereocenters. The summed E-state index contributed by atoms with van der Waals surface area (Å²) in [6.45, 7) is 10.1. The van der Waals surface area contributed by atoms with Crippen LogP contribution in [0.2, 0.25) is 0 Å². The fraction of sp³-hybridized carbons (Fsp3) is 0.667. The molecule has 0 amide bonds. The number of hydrogen-bond acceptors (Lipinski definition) is 6. The van der Waals surface area contributed by atoms with Gasteiger partial charge in [-0.3, -0.25) is 4.90 Å². The molecular formula is C15H23N5O2. The maximum Gasteiger partial charge on any atom is 0.139 e. The van der Waals surface area contributed by atoms with E-state index in [2.05, 4.69) is 20.3 Å². The Hall–Kier alpha value is -1.73. The van der Waals surface area contributed by atoms with Crippen LogP contribution in [0, 0.1) is 13.8 Å². The van der Waals surface area contributed by atoms with Crippen LogP contribution < -0.4 is 0 Å². The molecule has 0 N–H and O–H groups in total. The predicted octanol–water partition coefficient (Wildman–Crippen LogP) is 1.69. The Kier molecular flexibility index (Phi) is 4.54. The van der Waals surface area contributed by atoms with Gasteiger partial charge in [0.2, 0.25) is 0 Å². The molecule has 1 fully saturated rings. The molecule has 2 aromatic heterocycles. The van der Waals surface area contributed by atoms with E-state index < -0.39 is 0 Å². The van der Waals surface area contributed by atoms with Gasteiger partial charge in [0, 0.05) is 25.2 Å². The van der Waals surface area contributed by atoms with Crippen LogP contribution in [-0.2, 0) is 24.4 Å². The molecule has 2 aromatic rings. The standard InChI is InChI=1S/C15H23N5O2/c1-4-20-16-7-13(17-20)8-19-6-5-14(9-19)21-10-15-11(2)18-22-12(15)3/h7,14H,4-6,8-10H2,1-3H3. The lowest BCUT2D eigenvalue weighted by molar-refractivity contribution is 0.0452. The highest BCUT2D eigenvalue weighted by Gasteiger charge is 2.24. The number of ether oxygens (including phenoxy) is 1. The van der Waals surface area contributed by atoms with E-state index in [9.17, 15) is 0 Å². The van der Waals surface area contributed by atoms with Crippen molar-refractivity contribution in [1.82, 2.24) is 25.1 Å². The van der Waals surface area contributed by atoms with E-state index in [1.165, 1.54) is 0 Å². The summed E-state index contributed by atoms with van der Waals surface area (Å²) in [5.74, 6) is 0.850. The van der Waals surface area contributed by atoms with Crippen LogP contribution in [0.25, 0.3) is 0 Å². The summed E-state index contributed by atoms with van der Waals surface area (Å²) in [7, 11) is 0. The van der Waals surface area contributed by atoms with Crippen molar-refractivity contribution < 1.29 is 9.26 Å². The number of rotatable bonds is 6. The van der Waals surface area contributed by atoms with E-state index >= 15 is 0 Å². The minimum Gasteiger partial charge on any atom is -0.372 e. The molecule has 3 heterocycles. The van der Waals surface area contributed by atoms with Gasteiger partial charge >= 0.3 is 0 Å². The molecule has 0 spiro atoms. The number of aromatic nitrogens is 4. The van der Waals surface area contributed by atoms with Gasteiger partial charge in [-0.1, -0.05) is 5.16 Å². The van der Waals surface area contributed by atoms with Crippen molar-refractivity contribution in [2.45, 2.75) is 53.0 Å². The first-order chi connectivity index (χ1) is 10.7. The summed E-state index contributed by atoms with van der Waals surface area (Å²) in [4.78, 5) is 4.08. The molecule has 22 heavy (non-hydrogen) atoms. The van der Waals surface area contributed by atoms with Crippen molar-refractivity contribution in [1.29, 1.82) is 0 Å². The van der Waals surface area contributed by atoms with Crippen molar-refractivity contribution in [2.24, 2.45) is 0 Å². The van der Waals surface area contributed by atoms with E-state index in [-0.39, 0.29) is 6.10 Å². The third-order valence-corrected chi connectivity index (χ3v) is 4.13. The van der Waals surface area contributed by atoms with Crippen molar-refractivity contribution in [3.63, 3.8) is 0 Å². The lowest BCUT2D eigenvalue weighted by atomic mass is 10.2. The Balaban J connectivity index is 1.48. The largest absolute Gasteiger partial charge is 0.372 e. The van der Waals surface area contributed by atoms with Gasteiger partial charge in [0.25, 0.3) is 0 Å². The van der Waals surface area contributed by atoms with Crippen LogP contribution in [0.15, 0.2) is 10.7 Å². The second-order valence-electron chi connectivity index (χ2n) is 5.78. The molecule has 0 saturated carbocycles. The van der Waals surface area contributed by atoms with E-state index in [0.29, 0.717) is 6.61 Å². The summed E-state index contributed by atoms with van der Waals surface area (Å²) in [6, 6.07) is 0. The minimum atomic E-state index is 0.259. The lowest BCUT2D eigenvalue weighted by Gasteiger charge is -2.14. The molecule has 120 valence electrons. The molecular weight excluding hydrogens is 282 g/mol. The summed E-state index contributed by atoms with van der Waals surface area (Å²) in [5.41, 5.74) is 3.01. The highest BCUT2D eigenvalue weighted by atomic mass is 16.5. The normalized spacial score (nSPS) is 19.1. The van der Waals surface area contributed by atoms with Crippen molar-refractivity contribution in [3.05, 3.63) is 28.9 Å². The van der Waals surface area contributed by atoms with Gasteiger partial charge in [-0.05, 0) is 27.2 Å². The van der Waals surface area contributed by atoms with Gasteiger partial charge in [0.1, 0.15) is 5.76 Å². The summed E-state index contributed by atoms with van der Waals surface area (Å²) in [5, 5.41) is 12.6. The molecule has 1 saturated heterocycles. The first kappa shape index (κ1) is 15.2. The van der Waals surface area contributed by atoms with Crippen LogP contribution in [0.5, 0.6) is 0 Å². The van der Waals surface area contributed by atoms with Crippen LogP contribution in [0.4, 0.5) is 0 Å². The molecule has 1 aliphatic rings. The van der Waals surface area contributed by atoms with Gasteiger partial charge in [-0.15, -0.1) is 0 Å². The van der Waals surface area contributed by atoms with Gasteiger partial charge in [-0.25, -0.2) is 0 Å². The molecule has 7 nitrogen and oxygen atoms in total. The number of likely N-dealkylation sites (tertiary alicyclic amines) is 1. The summed E-state index contributed by atoms with van der Waals surface area (Å²) < 4.78 is 11.2. The topological polar surface area (TPSA) is 69.2 Å². The minimum absolute atomic E-state index is 0.259. The lowest BCUT2D eigenvalue weighted by Crippen LogP contribution is -2.23. The van der Waals surface area contributed by atoms with Crippen molar-refractivity contribution in [2.75, 3.05) is 13.1 Å². The Bertz CT molecular complexity index is 602. The smallest absolute Gasteiger partial charge is 0.139 e. The summed E-state index contributed by atoms with van der Waals surface area (Å²) in [6.07, 6.45) is 3.15. The third-order valence-electron chi connectivity index (χ3n) is 4.13. The second kappa shape index (κ2) is 6.58. The Morgan fingerprint density at radius 1 is 1.41 bits per heavy atom. The summed E-state index contributed by atoms with van der Waals surface area (Å²) >= 11 is 0. The fourth-order valence-corrected chi connectivity index (χ4v) is 2.77. The zero-order valence-corrected chi connectivity index (χ0v) is 13.4. The molecule has 0 aliphatic carbocycles. The molecule has 0 radical (unpaired) electrons. The maximum absolute atomic E-state index is 6.02. The van der Waals surface area contributed by atoms with Gasteiger partial charge < -0.3 is 9.26 Å². The number of nitrogens with zero attached hydrogens (tertiary/aromatic N) is 5. The Morgan fingerprint density at radius 3 is 2.95 bits per heavy atom. The first-order valence-corrected chi connectivity index (χ1v) is 7.80. The van der Waals surface area contributed by atoms with Crippen LogP contribution in [0.1, 0.15) is 36.1 Å². The third kappa shape index (κ3) is 3.36. The van der Waals surface area contributed by atoms with E-state index in [0.717, 1.165) is 55.3 Å². The molecule has 0 bridgehead atoms. The molecule has 1 aliphatic heterocycles. The molecule has 7 heteroatoms. The Morgan fingerprint density at radius 2 is 2.27 bits per heavy atom. The van der Waals surface area contributed by atoms with E-state index in [4.69, 9.17) is 9.26 Å². The molecule has 3 rings (SSSR count). The first-order valence-electron chi connectivity index (χ1n) is 7.80. The fourth-order valence-electron chi connectivity index (χ4n) is 2.77. The van der Waals surface area contributed by atoms with Crippen LogP contribution in [-0.4, -0.2) is 44.2 Å². The highest BCUT2D eigenvalue weighted by Crippen LogP contribution is 2.19. The van der Waals surface area contributed by atoms with Crippen molar-refractivity contribution in [3.8, 4) is 0 Å². The van der Waals surface area contributed by atoms with Gasteiger partial charge in [-0.2, -0.15) is 15.0 Å².